The summed E-state index contributed by atoms with van der Waals surface area (Å²) in [5.74, 6) is -0.152. The van der Waals surface area contributed by atoms with Crippen molar-refractivity contribution in [3.05, 3.63) is 34.1 Å². The Hall–Kier alpha value is -0.450. The summed E-state index contributed by atoms with van der Waals surface area (Å²) < 4.78 is 14.5. The van der Waals surface area contributed by atoms with Gasteiger partial charge in [0.25, 0.3) is 0 Å². The van der Waals surface area contributed by atoms with Gasteiger partial charge in [-0.3, -0.25) is 0 Å². The van der Waals surface area contributed by atoms with Crippen molar-refractivity contribution in [2.45, 2.75) is 33.4 Å². The molecule has 0 aliphatic heterocycles. The highest BCUT2D eigenvalue weighted by Gasteiger charge is 2.08. The third-order valence-electron chi connectivity index (χ3n) is 3.08. The van der Waals surface area contributed by atoms with Crippen LogP contribution in [0.4, 0.5) is 4.39 Å². The van der Waals surface area contributed by atoms with Gasteiger partial charge < -0.3 is 10.2 Å². The SMILES string of the molecule is CCN(CC)CC(C)NCc1cc(Br)ccc1F. The molecule has 102 valence electrons. The van der Waals surface area contributed by atoms with Crippen LogP contribution in [0, 0.1) is 5.82 Å². The Balaban J connectivity index is 2.46. The van der Waals surface area contributed by atoms with Crippen LogP contribution in [0.3, 0.4) is 0 Å². The second-order valence-corrected chi connectivity index (χ2v) is 5.42. The lowest BCUT2D eigenvalue weighted by Crippen LogP contribution is -2.38. The predicted molar refractivity (Wildman–Crippen MR) is 78.2 cm³/mol. The average molecular weight is 317 g/mol. The minimum Gasteiger partial charge on any atom is -0.309 e. The summed E-state index contributed by atoms with van der Waals surface area (Å²) in [7, 11) is 0. The summed E-state index contributed by atoms with van der Waals surface area (Å²) in [6.07, 6.45) is 0. The summed E-state index contributed by atoms with van der Waals surface area (Å²) in [4.78, 5) is 2.36. The lowest BCUT2D eigenvalue weighted by Gasteiger charge is -2.23. The van der Waals surface area contributed by atoms with Gasteiger partial charge in [-0.25, -0.2) is 4.39 Å². The number of hydrogen-bond donors (Lipinski definition) is 1. The van der Waals surface area contributed by atoms with E-state index in [1.165, 1.54) is 6.07 Å². The highest BCUT2D eigenvalue weighted by molar-refractivity contribution is 9.10. The lowest BCUT2D eigenvalue weighted by molar-refractivity contribution is 0.270. The molecule has 1 atom stereocenters. The fourth-order valence-electron chi connectivity index (χ4n) is 1.90. The Morgan fingerprint density at radius 2 is 2.00 bits per heavy atom. The molecular weight excluding hydrogens is 295 g/mol. The van der Waals surface area contributed by atoms with Crippen molar-refractivity contribution in [3.8, 4) is 0 Å². The molecule has 0 spiro atoms. The van der Waals surface area contributed by atoms with E-state index in [0.717, 1.165) is 24.1 Å². The molecule has 0 saturated carbocycles. The molecule has 0 aliphatic rings. The molecule has 0 fully saturated rings. The van der Waals surface area contributed by atoms with Crippen LogP contribution < -0.4 is 5.32 Å². The average Bonchev–Trinajstić information content (AvgIpc) is 2.37. The van der Waals surface area contributed by atoms with Crippen molar-refractivity contribution in [1.29, 1.82) is 0 Å². The molecule has 0 saturated heterocycles. The Kier molecular flexibility index (Phi) is 6.82. The van der Waals surface area contributed by atoms with Gasteiger partial charge in [-0.15, -0.1) is 0 Å². The van der Waals surface area contributed by atoms with Crippen LogP contribution in [-0.2, 0) is 6.54 Å². The third-order valence-corrected chi connectivity index (χ3v) is 3.57. The normalized spacial score (nSPS) is 13.0. The second-order valence-electron chi connectivity index (χ2n) is 4.50. The zero-order valence-electron chi connectivity index (χ0n) is 11.3. The van der Waals surface area contributed by atoms with E-state index in [9.17, 15) is 4.39 Å². The minimum atomic E-state index is -0.152. The number of nitrogens with one attached hydrogen (secondary N) is 1. The van der Waals surface area contributed by atoms with Crippen molar-refractivity contribution in [1.82, 2.24) is 10.2 Å². The molecule has 0 radical (unpaired) electrons. The maximum Gasteiger partial charge on any atom is 0.127 e. The summed E-state index contributed by atoms with van der Waals surface area (Å²) in [6, 6.07) is 5.39. The summed E-state index contributed by atoms with van der Waals surface area (Å²) >= 11 is 3.36. The zero-order chi connectivity index (χ0) is 13.5. The molecule has 1 aromatic rings. The van der Waals surface area contributed by atoms with Crippen LogP contribution in [0.15, 0.2) is 22.7 Å². The van der Waals surface area contributed by atoms with Crippen LogP contribution in [0.5, 0.6) is 0 Å². The lowest BCUT2D eigenvalue weighted by atomic mass is 10.2. The van der Waals surface area contributed by atoms with Crippen LogP contribution >= 0.6 is 15.9 Å². The molecule has 0 heterocycles. The van der Waals surface area contributed by atoms with Crippen molar-refractivity contribution in [2.24, 2.45) is 0 Å². The number of hydrogen-bond acceptors (Lipinski definition) is 2. The zero-order valence-corrected chi connectivity index (χ0v) is 12.9. The third kappa shape index (κ3) is 5.04. The first-order valence-electron chi connectivity index (χ1n) is 6.46. The van der Waals surface area contributed by atoms with Crippen molar-refractivity contribution >= 4 is 15.9 Å². The van der Waals surface area contributed by atoms with Gasteiger partial charge in [-0.1, -0.05) is 29.8 Å². The van der Waals surface area contributed by atoms with E-state index in [2.05, 4.69) is 46.9 Å². The Morgan fingerprint density at radius 1 is 1.33 bits per heavy atom. The first-order valence-corrected chi connectivity index (χ1v) is 7.25. The molecule has 18 heavy (non-hydrogen) atoms. The predicted octanol–water partition coefficient (Wildman–Crippen LogP) is 3.41. The van der Waals surface area contributed by atoms with Gasteiger partial charge in [0.05, 0.1) is 0 Å². The van der Waals surface area contributed by atoms with Crippen LogP contribution in [-0.4, -0.2) is 30.6 Å². The van der Waals surface area contributed by atoms with Gasteiger partial charge in [0.1, 0.15) is 5.82 Å². The standard InChI is InChI=1S/C14H22BrFN2/c1-4-18(5-2)10-11(3)17-9-12-8-13(15)6-7-14(12)16/h6-8,11,17H,4-5,9-10H2,1-3H3. The summed E-state index contributed by atoms with van der Waals surface area (Å²) in [6.45, 7) is 10.1. The number of benzene rings is 1. The fourth-order valence-corrected chi connectivity index (χ4v) is 2.31. The molecule has 0 aromatic heterocycles. The van der Waals surface area contributed by atoms with Gasteiger partial charge in [0, 0.05) is 29.2 Å². The molecule has 0 bridgehead atoms. The number of halogens is 2. The van der Waals surface area contributed by atoms with Gasteiger partial charge in [-0.05, 0) is 38.2 Å². The van der Waals surface area contributed by atoms with Gasteiger partial charge >= 0.3 is 0 Å². The van der Waals surface area contributed by atoms with Gasteiger partial charge in [-0.2, -0.15) is 0 Å². The maximum atomic E-state index is 13.5. The van der Waals surface area contributed by atoms with E-state index in [4.69, 9.17) is 0 Å². The van der Waals surface area contributed by atoms with Crippen molar-refractivity contribution in [3.63, 3.8) is 0 Å². The number of nitrogens with zero attached hydrogens (tertiary/aromatic N) is 1. The van der Waals surface area contributed by atoms with E-state index in [-0.39, 0.29) is 5.82 Å². The van der Waals surface area contributed by atoms with Gasteiger partial charge in [0.2, 0.25) is 0 Å². The topological polar surface area (TPSA) is 15.3 Å². The number of rotatable bonds is 7. The first kappa shape index (κ1) is 15.6. The highest BCUT2D eigenvalue weighted by Crippen LogP contribution is 2.15. The molecule has 1 unspecified atom stereocenters. The molecular formula is C14H22BrFN2. The quantitative estimate of drug-likeness (QED) is 0.829. The van der Waals surface area contributed by atoms with Crippen LogP contribution in [0.2, 0.25) is 0 Å². The van der Waals surface area contributed by atoms with Gasteiger partial charge in [0.15, 0.2) is 0 Å². The van der Waals surface area contributed by atoms with E-state index in [1.54, 1.807) is 6.07 Å². The fraction of sp³-hybridized carbons (Fsp3) is 0.571. The largest absolute Gasteiger partial charge is 0.309 e. The van der Waals surface area contributed by atoms with Crippen molar-refractivity contribution in [2.75, 3.05) is 19.6 Å². The van der Waals surface area contributed by atoms with Crippen molar-refractivity contribution < 1.29 is 4.39 Å². The maximum absolute atomic E-state index is 13.5. The molecule has 1 aromatic carbocycles. The Morgan fingerprint density at radius 3 is 2.61 bits per heavy atom. The van der Waals surface area contributed by atoms with E-state index >= 15 is 0 Å². The molecule has 4 heteroatoms. The molecule has 1 N–H and O–H groups in total. The number of likely N-dealkylation sites (N-methyl/N-ethyl adjacent to an activating group) is 1. The molecule has 1 rings (SSSR count). The molecule has 0 amide bonds. The Labute approximate surface area is 118 Å². The first-order chi connectivity index (χ1) is 8.56. The van der Waals surface area contributed by atoms with E-state index < -0.39 is 0 Å². The monoisotopic (exact) mass is 316 g/mol. The van der Waals surface area contributed by atoms with E-state index in [0.29, 0.717) is 18.2 Å². The summed E-state index contributed by atoms with van der Waals surface area (Å²) in [5, 5.41) is 3.36. The summed E-state index contributed by atoms with van der Waals surface area (Å²) in [5.41, 5.74) is 0.704. The van der Waals surface area contributed by atoms with E-state index in [1.807, 2.05) is 6.07 Å². The smallest absolute Gasteiger partial charge is 0.127 e. The highest BCUT2D eigenvalue weighted by atomic mass is 79.9. The second kappa shape index (κ2) is 7.87. The molecule has 2 nitrogen and oxygen atoms in total. The Bertz CT molecular complexity index is 367. The van der Waals surface area contributed by atoms with Crippen LogP contribution in [0.25, 0.3) is 0 Å². The minimum absolute atomic E-state index is 0.152. The van der Waals surface area contributed by atoms with Crippen LogP contribution in [0.1, 0.15) is 26.3 Å². The molecule has 0 aliphatic carbocycles.